The van der Waals surface area contributed by atoms with Crippen LogP contribution in [0.4, 0.5) is 0 Å². The van der Waals surface area contributed by atoms with Gasteiger partial charge < -0.3 is 5.11 Å². The Morgan fingerprint density at radius 1 is 1.40 bits per heavy atom. The van der Waals surface area contributed by atoms with E-state index in [1.807, 2.05) is 0 Å². The van der Waals surface area contributed by atoms with Gasteiger partial charge >= 0.3 is 5.97 Å². The summed E-state index contributed by atoms with van der Waals surface area (Å²) in [5, 5.41) is 16.5. The predicted molar refractivity (Wildman–Crippen MR) is 67.1 cm³/mol. The molecule has 110 valence electrons. The van der Waals surface area contributed by atoms with Crippen molar-refractivity contribution in [3.05, 3.63) is 6.20 Å². The highest BCUT2D eigenvalue weighted by molar-refractivity contribution is 7.89. The van der Waals surface area contributed by atoms with Crippen LogP contribution in [0.2, 0.25) is 0 Å². The Kier molecular flexibility index (Phi) is 3.05. The lowest BCUT2D eigenvalue weighted by Crippen LogP contribution is -2.31. The zero-order valence-electron chi connectivity index (χ0n) is 11.0. The molecule has 0 unspecified atom stereocenters. The number of carbonyl (C=O) groups is 1. The second-order valence-corrected chi connectivity index (χ2v) is 7.35. The molecule has 1 saturated heterocycles. The third-order valence-corrected chi connectivity index (χ3v) is 6.03. The van der Waals surface area contributed by atoms with Crippen LogP contribution in [0.15, 0.2) is 11.2 Å². The van der Waals surface area contributed by atoms with Gasteiger partial charge in [0.25, 0.3) is 10.0 Å². The number of hydrogen-bond donors (Lipinski definition) is 1. The lowest BCUT2D eigenvalue weighted by Gasteiger charge is -2.15. The minimum atomic E-state index is -3.72. The van der Waals surface area contributed by atoms with Gasteiger partial charge in [0.1, 0.15) is 0 Å². The van der Waals surface area contributed by atoms with Crippen molar-refractivity contribution in [3.8, 4) is 0 Å². The van der Waals surface area contributed by atoms with Crippen molar-refractivity contribution in [2.75, 3.05) is 13.1 Å². The molecule has 2 heterocycles. The fourth-order valence-corrected chi connectivity index (χ4v) is 4.44. The number of aromatic nitrogens is 3. The van der Waals surface area contributed by atoms with Gasteiger partial charge in [-0.2, -0.15) is 4.31 Å². The second-order valence-electron chi connectivity index (χ2n) is 5.46. The molecular formula is C11H16N4O4S. The molecule has 1 N–H and O–H groups in total. The zero-order chi connectivity index (χ0) is 14.5. The van der Waals surface area contributed by atoms with Gasteiger partial charge in [0.2, 0.25) is 0 Å². The van der Waals surface area contributed by atoms with Crippen molar-refractivity contribution in [2.45, 2.75) is 17.9 Å². The van der Waals surface area contributed by atoms with Crippen LogP contribution in [0.5, 0.6) is 0 Å². The van der Waals surface area contributed by atoms with E-state index >= 15 is 0 Å². The number of carboxylic acids is 1. The van der Waals surface area contributed by atoms with E-state index < -0.39 is 21.9 Å². The lowest BCUT2D eigenvalue weighted by atomic mass is 9.92. The number of carboxylic acid groups (broad SMARTS) is 1. The molecular weight excluding hydrogens is 284 g/mol. The third kappa shape index (κ3) is 2.10. The fourth-order valence-electron chi connectivity index (χ4n) is 2.90. The Balaban J connectivity index is 1.88. The topological polar surface area (TPSA) is 105 Å². The molecule has 0 radical (unpaired) electrons. The summed E-state index contributed by atoms with van der Waals surface area (Å²) < 4.78 is 27.5. The summed E-state index contributed by atoms with van der Waals surface area (Å²) in [4.78, 5) is 11.3. The normalized spacial score (nSPS) is 27.9. The Morgan fingerprint density at radius 3 is 2.60 bits per heavy atom. The molecule has 1 saturated carbocycles. The third-order valence-electron chi connectivity index (χ3n) is 4.15. The smallest absolute Gasteiger partial charge is 0.308 e. The molecule has 1 aliphatic heterocycles. The molecule has 3 rings (SSSR count). The summed E-state index contributed by atoms with van der Waals surface area (Å²) in [5.41, 5.74) is 0. The van der Waals surface area contributed by atoms with Crippen molar-refractivity contribution >= 4 is 16.0 Å². The molecule has 0 amide bonds. The van der Waals surface area contributed by atoms with Gasteiger partial charge in [-0.15, -0.1) is 5.10 Å². The molecule has 2 fully saturated rings. The Labute approximate surface area is 116 Å². The van der Waals surface area contributed by atoms with Crippen LogP contribution in [-0.4, -0.2) is 51.9 Å². The highest BCUT2D eigenvalue weighted by atomic mass is 32.2. The lowest BCUT2D eigenvalue weighted by molar-refractivity contribution is -0.142. The minimum Gasteiger partial charge on any atom is -0.481 e. The van der Waals surface area contributed by atoms with Gasteiger partial charge in [0.15, 0.2) is 5.03 Å². The maximum atomic E-state index is 12.5. The number of nitrogens with zero attached hydrogens (tertiary/aromatic N) is 4. The first-order chi connectivity index (χ1) is 9.41. The van der Waals surface area contributed by atoms with Crippen LogP contribution in [0.1, 0.15) is 12.8 Å². The van der Waals surface area contributed by atoms with E-state index in [2.05, 4.69) is 10.3 Å². The van der Waals surface area contributed by atoms with Crippen molar-refractivity contribution in [1.82, 2.24) is 19.3 Å². The Hall–Kier alpha value is -1.48. The minimum absolute atomic E-state index is 0.00177. The zero-order valence-corrected chi connectivity index (χ0v) is 11.8. The van der Waals surface area contributed by atoms with E-state index in [0.29, 0.717) is 5.92 Å². The molecule has 2 aliphatic rings. The summed E-state index contributed by atoms with van der Waals surface area (Å²) in [6.07, 6.45) is 3.18. The van der Waals surface area contributed by atoms with Crippen molar-refractivity contribution in [2.24, 2.45) is 24.8 Å². The number of hydrogen-bond acceptors (Lipinski definition) is 5. The van der Waals surface area contributed by atoms with Crippen LogP contribution in [0.25, 0.3) is 0 Å². The number of aliphatic carboxylic acids is 1. The van der Waals surface area contributed by atoms with Gasteiger partial charge in [-0.1, -0.05) is 5.21 Å². The molecule has 20 heavy (non-hydrogen) atoms. The summed E-state index contributed by atoms with van der Waals surface area (Å²) in [7, 11) is -2.22. The molecule has 0 spiro atoms. The summed E-state index contributed by atoms with van der Waals surface area (Å²) in [5.74, 6) is -1.26. The van der Waals surface area contributed by atoms with Crippen LogP contribution in [0.3, 0.4) is 0 Å². The SMILES string of the molecule is Cn1nncc1S(=O)(=O)N1C[C@@H](C(=O)O)[C@H](C2CC2)C1. The van der Waals surface area contributed by atoms with Crippen molar-refractivity contribution in [1.29, 1.82) is 0 Å². The Bertz CT molecular complexity index is 637. The molecule has 2 atom stereocenters. The molecule has 8 nitrogen and oxygen atoms in total. The average molecular weight is 300 g/mol. The molecule has 1 aromatic heterocycles. The highest BCUT2D eigenvalue weighted by Gasteiger charge is 2.49. The van der Waals surface area contributed by atoms with Gasteiger partial charge in [-0.3, -0.25) is 4.79 Å². The van der Waals surface area contributed by atoms with E-state index in [0.717, 1.165) is 12.8 Å². The highest BCUT2D eigenvalue weighted by Crippen LogP contribution is 2.45. The monoisotopic (exact) mass is 300 g/mol. The molecule has 0 aromatic carbocycles. The average Bonchev–Trinajstić information content (AvgIpc) is 2.95. The van der Waals surface area contributed by atoms with Gasteiger partial charge in [-0.05, 0) is 24.7 Å². The van der Waals surface area contributed by atoms with E-state index in [1.165, 1.54) is 22.2 Å². The molecule has 0 bridgehead atoms. The van der Waals surface area contributed by atoms with Crippen molar-refractivity contribution < 1.29 is 18.3 Å². The maximum Gasteiger partial charge on any atom is 0.308 e. The van der Waals surface area contributed by atoms with E-state index in [1.54, 1.807) is 0 Å². The van der Waals surface area contributed by atoms with Crippen LogP contribution in [-0.2, 0) is 21.9 Å². The van der Waals surface area contributed by atoms with Gasteiger partial charge in [0, 0.05) is 20.1 Å². The molecule has 1 aliphatic carbocycles. The number of sulfonamides is 1. The summed E-state index contributed by atoms with van der Waals surface area (Å²) >= 11 is 0. The largest absolute Gasteiger partial charge is 0.481 e. The molecule has 9 heteroatoms. The summed E-state index contributed by atoms with van der Waals surface area (Å²) in [6, 6.07) is 0. The van der Waals surface area contributed by atoms with Crippen LogP contribution < -0.4 is 0 Å². The Morgan fingerprint density at radius 2 is 2.10 bits per heavy atom. The van der Waals surface area contributed by atoms with Crippen molar-refractivity contribution in [3.63, 3.8) is 0 Å². The molecule has 1 aromatic rings. The first kappa shape index (κ1) is 13.5. The predicted octanol–water partition coefficient (Wildman–Crippen LogP) is -0.454. The standard InChI is InChI=1S/C11H16N4O4S/c1-14-10(4-12-13-14)20(18,19)15-5-8(7-2-3-7)9(6-15)11(16)17/h4,7-9H,2-3,5-6H2,1H3,(H,16,17)/t8-,9+/m0/s1. The van der Waals surface area contributed by atoms with Crippen LogP contribution >= 0.6 is 0 Å². The van der Waals surface area contributed by atoms with Crippen LogP contribution in [0, 0.1) is 17.8 Å². The number of rotatable bonds is 4. The fraction of sp³-hybridized carbons (Fsp3) is 0.727. The first-order valence-electron chi connectivity index (χ1n) is 6.49. The van der Waals surface area contributed by atoms with E-state index in [4.69, 9.17) is 0 Å². The number of aryl methyl sites for hydroxylation is 1. The van der Waals surface area contributed by atoms with Gasteiger partial charge in [-0.25, -0.2) is 13.1 Å². The van der Waals surface area contributed by atoms with E-state index in [9.17, 15) is 18.3 Å². The second kappa shape index (κ2) is 4.52. The van der Waals surface area contributed by atoms with Gasteiger partial charge in [0.05, 0.1) is 12.1 Å². The first-order valence-corrected chi connectivity index (χ1v) is 7.93. The maximum absolute atomic E-state index is 12.5. The quantitative estimate of drug-likeness (QED) is 0.807. The summed E-state index contributed by atoms with van der Waals surface area (Å²) in [6.45, 7) is 0.305. The van der Waals surface area contributed by atoms with E-state index in [-0.39, 0.29) is 24.0 Å².